The molecule has 5 nitrogen and oxygen atoms in total. The van der Waals surface area contributed by atoms with Gasteiger partial charge in [0.1, 0.15) is 5.75 Å². The third-order valence-electron chi connectivity index (χ3n) is 5.39. The molecule has 0 aromatic heterocycles. The number of rotatable bonds is 2. The van der Waals surface area contributed by atoms with Gasteiger partial charge in [-0.3, -0.25) is 10.1 Å². The van der Waals surface area contributed by atoms with Gasteiger partial charge < -0.3 is 9.64 Å². The fourth-order valence-corrected chi connectivity index (χ4v) is 4.07. The van der Waals surface area contributed by atoms with Gasteiger partial charge in [-0.1, -0.05) is 24.8 Å². The van der Waals surface area contributed by atoms with Crippen molar-refractivity contribution in [3.8, 4) is 5.75 Å². The molecule has 1 spiro atoms. The Bertz CT molecular complexity index is 977. The minimum Gasteiger partial charge on any atom is -0.462 e. The molecule has 4 rings (SSSR count). The number of allylic oxidation sites excluding steroid dienone is 1. The maximum Gasteiger partial charge on any atom is 0.270 e. The summed E-state index contributed by atoms with van der Waals surface area (Å²) in [5.74, 6) is 0.630. The number of para-hydroxylation sites is 1. The number of hydrogen-bond donors (Lipinski definition) is 0. The second kappa shape index (κ2) is 5.21. The average Bonchev–Trinajstić information content (AvgIpc) is 2.79. The predicted octanol–water partition coefficient (Wildman–Crippen LogP) is 5.03. The van der Waals surface area contributed by atoms with Crippen LogP contribution in [-0.2, 0) is 5.41 Å². The first-order valence-electron chi connectivity index (χ1n) is 8.50. The van der Waals surface area contributed by atoms with Crippen molar-refractivity contribution in [3.63, 3.8) is 0 Å². The highest BCUT2D eigenvalue weighted by Crippen LogP contribution is 2.56. The molecule has 5 heteroatoms. The van der Waals surface area contributed by atoms with Crippen molar-refractivity contribution >= 4 is 17.5 Å². The molecule has 1 unspecified atom stereocenters. The summed E-state index contributed by atoms with van der Waals surface area (Å²) in [5, 5.41) is 11.1. The summed E-state index contributed by atoms with van der Waals surface area (Å²) in [6, 6.07) is 12.9. The molecule has 2 aliphatic heterocycles. The van der Waals surface area contributed by atoms with Crippen molar-refractivity contribution in [2.75, 3.05) is 4.90 Å². The smallest absolute Gasteiger partial charge is 0.270 e. The summed E-state index contributed by atoms with van der Waals surface area (Å²) in [6.45, 7) is 10.4. The zero-order chi connectivity index (χ0) is 18.7. The van der Waals surface area contributed by atoms with E-state index in [0.29, 0.717) is 11.3 Å². The van der Waals surface area contributed by atoms with Crippen LogP contribution in [0.25, 0.3) is 6.08 Å². The summed E-state index contributed by atoms with van der Waals surface area (Å²) < 4.78 is 6.54. The molecule has 2 heterocycles. The zero-order valence-corrected chi connectivity index (χ0v) is 15.0. The lowest BCUT2D eigenvalue weighted by molar-refractivity contribution is -0.384. The first-order chi connectivity index (χ1) is 12.3. The summed E-state index contributed by atoms with van der Waals surface area (Å²) in [7, 11) is 0. The topological polar surface area (TPSA) is 55.6 Å². The van der Waals surface area contributed by atoms with E-state index in [1.807, 2.05) is 31.2 Å². The Hall–Kier alpha value is -3.08. The van der Waals surface area contributed by atoms with Gasteiger partial charge in [0.05, 0.1) is 10.3 Å². The van der Waals surface area contributed by atoms with Crippen LogP contribution in [0.1, 0.15) is 31.9 Å². The Balaban J connectivity index is 1.90. The molecule has 0 bridgehead atoms. The van der Waals surface area contributed by atoms with Crippen LogP contribution in [0.5, 0.6) is 5.75 Å². The van der Waals surface area contributed by atoms with E-state index in [4.69, 9.17) is 4.74 Å². The molecule has 26 heavy (non-hydrogen) atoms. The van der Waals surface area contributed by atoms with Gasteiger partial charge in [-0.05, 0) is 50.6 Å². The number of anilines is 1. The molecule has 0 N–H and O–H groups in total. The Kier molecular flexibility index (Phi) is 3.28. The van der Waals surface area contributed by atoms with Crippen LogP contribution in [0.2, 0.25) is 0 Å². The van der Waals surface area contributed by atoms with Crippen LogP contribution in [0.15, 0.2) is 60.8 Å². The lowest BCUT2D eigenvalue weighted by Crippen LogP contribution is -2.58. The number of benzene rings is 2. The second-order valence-electron chi connectivity index (χ2n) is 7.32. The molecule has 0 radical (unpaired) electrons. The average molecular weight is 348 g/mol. The molecule has 132 valence electrons. The third kappa shape index (κ3) is 1.97. The molecule has 0 saturated carbocycles. The maximum atomic E-state index is 11.1. The van der Waals surface area contributed by atoms with E-state index in [0.717, 1.165) is 11.4 Å². The van der Waals surface area contributed by atoms with Crippen LogP contribution >= 0.6 is 0 Å². The summed E-state index contributed by atoms with van der Waals surface area (Å²) in [4.78, 5) is 12.8. The van der Waals surface area contributed by atoms with E-state index in [1.165, 1.54) is 11.6 Å². The number of nitro benzene ring substituents is 1. The highest BCUT2D eigenvalue weighted by molar-refractivity contribution is 5.75. The van der Waals surface area contributed by atoms with E-state index in [2.05, 4.69) is 37.5 Å². The summed E-state index contributed by atoms with van der Waals surface area (Å²) in [5.41, 5.74) is 2.76. The Morgan fingerprint density at radius 3 is 2.65 bits per heavy atom. The van der Waals surface area contributed by atoms with Gasteiger partial charge in [0.25, 0.3) is 5.69 Å². The van der Waals surface area contributed by atoms with E-state index in [1.54, 1.807) is 12.1 Å². The van der Waals surface area contributed by atoms with Crippen LogP contribution in [0.4, 0.5) is 11.4 Å². The minimum atomic E-state index is -0.772. The molecule has 2 aromatic carbocycles. The fourth-order valence-electron chi connectivity index (χ4n) is 4.07. The highest BCUT2D eigenvalue weighted by atomic mass is 16.6. The summed E-state index contributed by atoms with van der Waals surface area (Å²) in [6.07, 6.45) is 3.91. The number of fused-ring (bicyclic) bond motifs is 2. The van der Waals surface area contributed by atoms with Crippen LogP contribution < -0.4 is 9.64 Å². The summed E-state index contributed by atoms with van der Waals surface area (Å²) >= 11 is 0. The largest absolute Gasteiger partial charge is 0.462 e. The molecule has 0 amide bonds. The van der Waals surface area contributed by atoms with Gasteiger partial charge in [-0.25, -0.2) is 0 Å². The quantitative estimate of drug-likeness (QED) is 0.564. The van der Waals surface area contributed by atoms with Crippen LogP contribution in [-0.4, -0.2) is 10.6 Å². The van der Waals surface area contributed by atoms with Gasteiger partial charge in [-0.15, -0.1) is 0 Å². The lowest BCUT2D eigenvalue weighted by atomic mass is 9.76. The van der Waals surface area contributed by atoms with Gasteiger partial charge in [0.2, 0.25) is 5.72 Å². The van der Waals surface area contributed by atoms with Crippen molar-refractivity contribution in [3.05, 3.63) is 82.1 Å². The second-order valence-corrected chi connectivity index (χ2v) is 7.32. The molecule has 0 aliphatic carbocycles. The maximum absolute atomic E-state index is 11.1. The van der Waals surface area contributed by atoms with Crippen molar-refractivity contribution in [2.45, 2.75) is 31.9 Å². The van der Waals surface area contributed by atoms with Gasteiger partial charge >= 0.3 is 0 Å². The zero-order valence-electron chi connectivity index (χ0n) is 15.0. The number of ether oxygens (including phenoxy) is 1. The number of nitrogens with zero attached hydrogens (tertiary/aromatic N) is 2. The minimum absolute atomic E-state index is 0.0543. The molecule has 0 fully saturated rings. The predicted molar refractivity (Wildman–Crippen MR) is 102 cm³/mol. The Labute approximate surface area is 152 Å². The van der Waals surface area contributed by atoms with Crippen molar-refractivity contribution < 1.29 is 9.66 Å². The number of hydrogen-bond acceptors (Lipinski definition) is 4. The third-order valence-corrected chi connectivity index (χ3v) is 5.39. The first kappa shape index (κ1) is 16.4. The lowest BCUT2D eigenvalue weighted by Gasteiger charge is -2.47. The number of nitro groups is 1. The fraction of sp³-hybridized carbons (Fsp3) is 0.238. The SMILES string of the molecule is C=C(C)N1c2ccccc2C(C)(C)C12C=Cc1cc([N+](=O)[O-])ccc1O2. The van der Waals surface area contributed by atoms with E-state index in [-0.39, 0.29) is 11.1 Å². The molecule has 0 saturated heterocycles. The normalized spacial score (nSPS) is 21.9. The first-order valence-corrected chi connectivity index (χ1v) is 8.50. The molecule has 1 atom stereocenters. The van der Waals surface area contributed by atoms with E-state index in [9.17, 15) is 10.1 Å². The highest BCUT2D eigenvalue weighted by Gasteiger charge is 2.59. The van der Waals surface area contributed by atoms with Crippen LogP contribution in [0.3, 0.4) is 0 Å². The Morgan fingerprint density at radius 1 is 1.23 bits per heavy atom. The van der Waals surface area contributed by atoms with Gasteiger partial charge in [0.15, 0.2) is 0 Å². The molecule has 2 aliphatic rings. The van der Waals surface area contributed by atoms with E-state index < -0.39 is 10.6 Å². The van der Waals surface area contributed by atoms with Crippen molar-refractivity contribution in [1.82, 2.24) is 0 Å². The molecular formula is C21H20N2O3. The van der Waals surface area contributed by atoms with Gasteiger partial charge in [0, 0.05) is 29.1 Å². The van der Waals surface area contributed by atoms with Crippen molar-refractivity contribution in [1.29, 1.82) is 0 Å². The van der Waals surface area contributed by atoms with Crippen molar-refractivity contribution in [2.24, 2.45) is 0 Å². The monoisotopic (exact) mass is 348 g/mol. The number of non-ortho nitro benzene ring substituents is 1. The van der Waals surface area contributed by atoms with Gasteiger partial charge in [-0.2, -0.15) is 0 Å². The Morgan fingerprint density at radius 2 is 1.96 bits per heavy atom. The van der Waals surface area contributed by atoms with Crippen LogP contribution in [0, 0.1) is 10.1 Å². The molecular weight excluding hydrogens is 328 g/mol. The molecule has 2 aromatic rings. The van der Waals surface area contributed by atoms with E-state index >= 15 is 0 Å². The standard InChI is InChI=1S/C21H20N2O3/c1-14(2)22-18-8-6-5-7-17(18)20(3,4)21(22)12-11-15-13-16(23(24)25)9-10-19(15)26-21/h5-13H,1H2,2-4H3.